The van der Waals surface area contributed by atoms with Crippen LogP contribution in [0.1, 0.15) is 59.4 Å². The number of aliphatic carboxylic acids is 1. The molecule has 0 atom stereocenters. The van der Waals surface area contributed by atoms with Gasteiger partial charge in [-0.3, -0.25) is 4.79 Å². The molecule has 0 spiro atoms. The summed E-state index contributed by atoms with van der Waals surface area (Å²) >= 11 is 0. The molecule has 1 N–H and O–H groups in total. The molecule has 0 heterocycles. The Morgan fingerprint density at radius 2 is 1.68 bits per heavy atom. The average Bonchev–Trinajstić information content (AvgIpc) is 2.59. The van der Waals surface area contributed by atoms with Crippen LogP contribution in [0.2, 0.25) is 0 Å². The number of esters is 2. The first-order valence-corrected chi connectivity index (χ1v) is 9.15. The summed E-state index contributed by atoms with van der Waals surface area (Å²) in [6.45, 7) is 10.4. The lowest BCUT2D eigenvalue weighted by Crippen LogP contribution is -2.23. The van der Waals surface area contributed by atoms with Crippen molar-refractivity contribution in [2.75, 3.05) is 13.7 Å². The second-order valence-corrected chi connectivity index (χ2v) is 8.49. The van der Waals surface area contributed by atoms with Crippen LogP contribution in [-0.4, -0.2) is 36.7 Å². The molecular weight excluding hydrogens is 364 g/mol. The molecule has 156 valence electrons. The van der Waals surface area contributed by atoms with E-state index >= 15 is 0 Å². The van der Waals surface area contributed by atoms with Crippen LogP contribution < -0.4 is 9.47 Å². The summed E-state index contributed by atoms with van der Waals surface area (Å²) in [5, 5.41) is 8.79. The van der Waals surface area contributed by atoms with Gasteiger partial charge >= 0.3 is 17.9 Å². The van der Waals surface area contributed by atoms with Crippen molar-refractivity contribution >= 4 is 17.9 Å². The monoisotopic (exact) mass is 394 g/mol. The molecule has 0 aliphatic carbocycles. The summed E-state index contributed by atoms with van der Waals surface area (Å²) in [6, 6.07) is 5.08. The van der Waals surface area contributed by atoms with E-state index in [-0.39, 0.29) is 22.5 Å². The largest absolute Gasteiger partial charge is 0.489 e. The summed E-state index contributed by atoms with van der Waals surface area (Å²) in [4.78, 5) is 33.5. The minimum atomic E-state index is -1.67. The Morgan fingerprint density at radius 1 is 1.04 bits per heavy atom. The van der Waals surface area contributed by atoms with Crippen molar-refractivity contribution in [3.05, 3.63) is 23.8 Å². The Morgan fingerprint density at radius 3 is 2.21 bits per heavy atom. The lowest BCUT2D eigenvalue weighted by Gasteiger charge is -2.26. The third-order valence-corrected chi connectivity index (χ3v) is 4.27. The first-order valence-electron chi connectivity index (χ1n) is 9.15. The number of carbonyl (C=O) groups is 3. The molecule has 7 nitrogen and oxygen atoms in total. The second kappa shape index (κ2) is 9.57. The fourth-order valence-electron chi connectivity index (χ4n) is 2.47. The van der Waals surface area contributed by atoms with Crippen LogP contribution in [-0.2, 0) is 24.5 Å². The quantitative estimate of drug-likeness (QED) is 0.407. The maximum atomic E-state index is 11.5. The zero-order valence-electron chi connectivity index (χ0n) is 17.5. The molecule has 0 aliphatic heterocycles. The van der Waals surface area contributed by atoms with Crippen LogP contribution in [0.25, 0.3) is 0 Å². The lowest BCUT2D eigenvalue weighted by atomic mass is 9.86. The van der Waals surface area contributed by atoms with Crippen molar-refractivity contribution in [3.63, 3.8) is 0 Å². The number of benzene rings is 1. The van der Waals surface area contributed by atoms with Crippen molar-refractivity contribution in [2.45, 2.75) is 59.3 Å². The summed E-state index contributed by atoms with van der Waals surface area (Å²) < 4.78 is 15.5. The van der Waals surface area contributed by atoms with E-state index in [1.165, 1.54) is 7.11 Å². The molecule has 7 heteroatoms. The number of ether oxygens (including phenoxy) is 3. The Bertz CT molecular complexity index is 714. The predicted octanol–water partition coefficient (Wildman–Crippen LogP) is 3.72. The van der Waals surface area contributed by atoms with E-state index in [2.05, 4.69) is 4.74 Å². The molecule has 28 heavy (non-hydrogen) atoms. The first-order chi connectivity index (χ1) is 12.9. The lowest BCUT2D eigenvalue weighted by molar-refractivity contribution is -0.158. The summed E-state index contributed by atoms with van der Waals surface area (Å²) in [5.41, 5.74) is 0.546. The molecular formula is C21H30O7. The minimum Gasteiger partial charge on any atom is -0.489 e. The van der Waals surface area contributed by atoms with E-state index < -0.39 is 11.9 Å². The van der Waals surface area contributed by atoms with Crippen LogP contribution in [0.5, 0.6) is 11.5 Å². The molecule has 1 aromatic carbocycles. The highest BCUT2D eigenvalue weighted by Crippen LogP contribution is 2.35. The maximum Gasteiger partial charge on any atom is 0.422 e. The van der Waals surface area contributed by atoms with E-state index in [0.29, 0.717) is 25.2 Å². The minimum absolute atomic E-state index is 0.0609. The highest BCUT2D eigenvalue weighted by Gasteiger charge is 2.24. The van der Waals surface area contributed by atoms with Crippen molar-refractivity contribution < 1.29 is 33.7 Å². The number of hydrogen-bond acceptors (Lipinski definition) is 6. The van der Waals surface area contributed by atoms with Gasteiger partial charge in [-0.05, 0) is 41.4 Å². The van der Waals surface area contributed by atoms with E-state index in [9.17, 15) is 14.4 Å². The standard InChI is InChI=1S/C21H30O7/c1-20(2,3)14-9-10-15(28-19(25)18(23)24)16(12-14)27-13-21(4,5)11-7-8-17(22)26-6/h9-10,12H,7-8,11,13H2,1-6H3,(H,23,24). The molecule has 1 rings (SSSR count). The van der Waals surface area contributed by atoms with E-state index in [1.54, 1.807) is 18.2 Å². The number of carboxylic acid groups (broad SMARTS) is 1. The van der Waals surface area contributed by atoms with Crippen molar-refractivity contribution in [1.82, 2.24) is 0 Å². The van der Waals surface area contributed by atoms with Gasteiger partial charge < -0.3 is 19.3 Å². The van der Waals surface area contributed by atoms with E-state index in [1.807, 2.05) is 34.6 Å². The molecule has 0 bridgehead atoms. The molecule has 0 aliphatic rings. The highest BCUT2D eigenvalue weighted by atomic mass is 16.6. The van der Waals surface area contributed by atoms with Crippen LogP contribution >= 0.6 is 0 Å². The molecule has 0 amide bonds. The smallest absolute Gasteiger partial charge is 0.422 e. The second-order valence-electron chi connectivity index (χ2n) is 8.49. The number of carboxylic acids is 1. The number of rotatable bonds is 8. The number of carbonyl (C=O) groups excluding carboxylic acids is 2. The predicted molar refractivity (Wildman–Crippen MR) is 104 cm³/mol. The zero-order valence-corrected chi connectivity index (χ0v) is 17.5. The fourth-order valence-corrected chi connectivity index (χ4v) is 2.47. The zero-order chi connectivity index (χ0) is 21.5. The molecule has 0 unspecified atom stereocenters. The van der Waals surface area contributed by atoms with Crippen LogP contribution in [0.4, 0.5) is 0 Å². The third kappa shape index (κ3) is 7.58. The van der Waals surface area contributed by atoms with Gasteiger partial charge in [0.25, 0.3) is 0 Å². The Hall–Kier alpha value is -2.57. The Labute approximate surface area is 166 Å². The van der Waals surface area contributed by atoms with Gasteiger partial charge in [0.05, 0.1) is 13.7 Å². The highest BCUT2D eigenvalue weighted by molar-refractivity contribution is 6.29. The first kappa shape index (κ1) is 23.5. The van der Waals surface area contributed by atoms with Crippen molar-refractivity contribution in [3.8, 4) is 11.5 Å². The maximum absolute atomic E-state index is 11.5. The molecule has 0 radical (unpaired) electrons. The molecule has 0 saturated heterocycles. The van der Waals surface area contributed by atoms with Gasteiger partial charge in [0.2, 0.25) is 0 Å². The molecule has 0 fully saturated rings. The van der Waals surface area contributed by atoms with Crippen LogP contribution in [0.3, 0.4) is 0 Å². The van der Waals surface area contributed by atoms with Gasteiger partial charge in [0.15, 0.2) is 11.5 Å². The van der Waals surface area contributed by atoms with Gasteiger partial charge in [-0.2, -0.15) is 0 Å². The average molecular weight is 394 g/mol. The van der Waals surface area contributed by atoms with Gasteiger partial charge in [-0.25, -0.2) is 9.59 Å². The Kier molecular flexibility index (Phi) is 8.02. The summed E-state index contributed by atoms with van der Waals surface area (Å²) in [6.07, 6.45) is 1.72. The topological polar surface area (TPSA) is 99.1 Å². The molecule has 0 aromatic heterocycles. The van der Waals surface area contributed by atoms with E-state index in [4.69, 9.17) is 14.6 Å². The number of methoxy groups -OCH3 is 1. The van der Waals surface area contributed by atoms with Gasteiger partial charge in [-0.1, -0.05) is 40.7 Å². The third-order valence-electron chi connectivity index (χ3n) is 4.27. The number of hydrogen-bond donors (Lipinski definition) is 1. The van der Waals surface area contributed by atoms with Crippen LogP contribution in [0, 0.1) is 5.41 Å². The molecule has 1 aromatic rings. The Balaban J connectivity index is 2.94. The molecule has 0 saturated carbocycles. The van der Waals surface area contributed by atoms with E-state index in [0.717, 1.165) is 12.0 Å². The fraction of sp³-hybridized carbons (Fsp3) is 0.571. The van der Waals surface area contributed by atoms with Gasteiger partial charge in [0.1, 0.15) is 0 Å². The summed E-state index contributed by atoms with van der Waals surface area (Å²) in [7, 11) is 1.36. The normalized spacial score (nSPS) is 11.6. The van der Waals surface area contributed by atoms with Crippen molar-refractivity contribution in [2.24, 2.45) is 5.41 Å². The SMILES string of the molecule is COC(=O)CCCC(C)(C)COc1cc(C(C)(C)C)ccc1OC(=O)C(=O)O. The van der Waals surface area contributed by atoms with Gasteiger partial charge in [-0.15, -0.1) is 0 Å². The van der Waals surface area contributed by atoms with Crippen molar-refractivity contribution in [1.29, 1.82) is 0 Å². The van der Waals surface area contributed by atoms with Crippen LogP contribution in [0.15, 0.2) is 18.2 Å². The van der Waals surface area contributed by atoms with Gasteiger partial charge in [0, 0.05) is 6.42 Å². The summed E-state index contributed by atoms with van der Waals surface area (Å²) in [5.74, 6) is -2.93.